The van der Waals surface area contributed by atoms with Gasteiger partial charge in [0.25, 0.3) is 0 Å². The number of aromatic nitrogens is 3. The van der Waals surface area contributed by atoms with Crippen molar-refractivity contribution in [3.05, 3.63) is 114 Å². The fourth-order valence-corrected chi connectivity index (χ4v) is 6.79. The summed E-state index contributed by atoms with van der Waals surface area (Å²) in [6, 6.07) is 4.21. The number of aromatic amines is 1. The molecule has 2 N–H and O–H groups in total. The van der Waals surface area contributed by atoms with Gasteiger partial charge in [-0.3, -0.25) is 0 Å². The smallest absolute Gasteiger partial charge is 0.144 e. The van der Waals surface area contributed by atoms with Gasteiger partial charge in [0.1, 0.15) is 11.6 Å². The van der Waals surface area contributed by atoms with Crippen molar-refractivity contribution in [3.63, 3.8) is 0 Å². The molecule has 8 nitrogen and oxygen atoms in total. The van der Waals surface area contributed by atoms with Crippen LogP contribution >= 0.6 is 45.2 Å². The van der Waals surface area contributed by atoms with Crippen LogP contribution in [0.5, 0.6) is 0 Å². The summed E-state index contributed by atoms with van der Waals surface area (Å²) < 4.78 is 4.34. The Hall–Kier alpha value is -3.52. The Balaban J connectivity index is 1.48. The van der Waals surface area contributed by atoms with Crippen molar-refractivity contribution in [3.8, 4) is 0 Å². The summed E-state index contributed by atoms with van der Waals surface area (Å²) in [6.07, 6.45) is 16.7. The lowest BCUT2D eigenvalue weighted by molar-refractivity contribution is 0.497. The number of allylic oxidation sites excluding steroid dienone is 10. The van der Waals surface area contributed by atoms with Crippen molar-refractivity contribution >= 4 is 79.5 Å². The second-order valence-electron chi connectivity index (χ2n) is 10.4. The van der Waals surface area contributed by atoms with E-state index in [1.54, 1.807) is 0 Å². The molecule has 0 saturated heterocycles. The first-order chi connectivity index (χ1) is 20.3. The SMILES string of the molecule is CCN1C=C(C)N/C1=C1\C2=NC(=CC3=NC(=C(c4nc(C)cn4CC)C4=NC(=Cc5ccc1[nH]5)C=C4)C(I)=C3I)C=C2. The Morgan fingerprint density at radius 2 is 1.55 bits per heavy atom. The maximum Gasteiger partial charge on any atom is 0.144 e. The standard InChI is InChI=1S/C32H28I2N8/c1-5-41-15-17(3)35-31(41)26-22-10-7-19(37-22)13-20-8-12-24(38-20)27(32-36-18(4)16-42(32)6-2)30-29(34)28(33)25(40-30)14-21-9-11-23(26)39-21/h7-16,35,37H,5-6H2,1-4H3/b20-13?,21-14?,30-27?,31-26+. The summed E-state index contributed by atoms with van der Waals surface area (Å²) >= 11 is 4.81. The van der Waals surface area contributed by atoms with Crippen molar-refractivity contribution in [2.24, 2.45) is 15.0 Å². The predicted octanol–water partition coefficient (Wildman–Crippen LogP) is 7.20. The number of nitrogens with one attached hydrogen (secondary N) is 2. The van der Waals surface area contributed by atoms with Gasteiger partial charge < -0.3 is 19.8 Å². The van der Waals surface area contributed by atoms with Crippen LogP contribution in [0, 0.1) is 6.92 Å². The largest absolute Gasteiger partial charge is 0.355 e. The maximum absolute atomic E-state index is 5.19. The van der Waals surface area contributed by atoms with E-state index >= 15 is 0 Å². The Morgan fingerprint density at radius 3 is 2.29 bits per heavy atom. The molecule has 0 aromatic carbocycles. The van der Waals surface area contributed by atoms with Crippen LogP contribution in [0.3, 0.4) is 0 Å². The van der Waals surface area contributed by atoms with Gasteiger partial charge in [-0.25, -0.2) is 20.0 Å². The lowest BCUT2D eigenvalue weighted by atomic mass is 10.1. The summed E-state index contributed by atoms with van der Waals surface area (Å²) in [5.41, 5.74) is 11.2. The number of hydrogen-bond acceptors (Lipinski definition) is 6. The molecule has 5 aliphatic rings. The predicted molar refractivity (Wildman–Crippen MR) is 188 cm³/mol. The van der Waals surface area contributed by atoms with Crippen LogP contribution in [0.25, 0.3) is 17.2 Å². The average molecular weight is 778 g/mol. The molecule has 0 aliphatic carbocycles. The minimum atomic E-state index is 0.801. The zero-order valence-corrected chi connectivity index (χ0v) is 27.9. The molecule has 0 radical (unpaired) electrons. The second-order valence-corrected chi connectivity index (χ2v) is 12.6. The van der Waals surface area contributed by atoms with E-state index in [1.165, 1.54) is 0 Å². The summed E-state index contributed by atoms with van der Waals surface area (Å²) in [5.74, 6) is 1.89. The zero-order chi connectivity index (χ0) is 29.1. The number of H-pyrrole nitrogens is 1. The summed E-state index contributed by atoms with van der Waals surface area (Å²) in [7, 11) is 0. The van der Waals surface area contributed by atoms with Crippen LogP contribution in [0.2, 0.25) is 0 Å². The molecule has 210 valence electrons. The van der Waals surface area contributed by atoms with E-state index in [0.717, 1.165) is 100 Å². The number of imidazole rings is 1. The highest BCUT2D eigenvalue weighted by Gasteiger charge is 2.30. The first-order valence-corrected chi connectivity index (χ1v) is 16.0. The van der Waals surface area contributed by atoms with Gasteiger partial charge in [-0.2, -0.15) is 0 Å². The van der Waals surface area contributed by atoms with E-state index in [-0.39, 0.29) is 0 Å². The van der Waals surface area contributed by atoms with Crippen molar-refractivity contribution in [2.45, 2.75) is 34.2 Å². The van der Waals surface area contributed by atoms with Gasteiger partial charge in [0.05, 0.1) is 63.9 Å². The molecule has 0 unspecified atom stereocenters. The van der Waals surface area contributed by atoms with Crippen molar-refractivity contribution in [1.82, 2.24) is 24.8 Å². The van der Waals surface area contributed by atoms with Gasteiger partial charge in [0.2, 0.25) is 0 Å². The number of halogens is 2. The molecule has 0 spiro atoms. The van der Waals surface area contributed by atoms with Crippen LogP contribution in [0.4, 0.5) is 0 Å². The lowest BCUT2D eigenvalue weighted by Gasteiger charge is -2.19. The van der Waals surface area contributed by atoms with Crippen LogP contribution < -0.4 is 5.32 Å². The molecule has 7 rings (SSSR count). The number of aliphatic imine (C=N–C) groups is 3. The number of aryl methyl sites for hydroxylation is 2. The molecule has 2 aromatic heterocycles. The summed E-state index contributed by atoms with van der Waals surface area (Å²) in [6.45, 7) is 10.0. The topological polar surface area (TPSA) is 86.0 Å². The lowest BCUT2D eigenvalue weighted by Crippen LogP contribution is -2.22. The normalized spacial score (nSPS) is 21.1. The highest BCUT2D eigenvalue weighted by atomic mass is 127. The molecular weight excluding hydrogens is 750 g/mol. The van der Waals surface area contributed by atoms with E-state index < -0.39 is 0 Å². The van der Waals surface area contributed by atoms with E-state index in [0.29, 0.717) is 0 Å². The molecule has 2 aromatic rings. The van der Waals surface area contributed by atoms with Gasteiger partial charge in [-0.1, -0.05) is 0 Å². The molecule has 7 heterocycles. The number of nitrogens with zero attached hydrogens (tertiary/aromatic N) is 6. The van der Waals surface area contributed by atoms with Crippen LogP contribution in [-0.4, -0.2) is 43.1 Å². The van der Waals surface area contributed by atoms with Gasteiger partial charge in [0, 0.05) is 36.9 Å². The maximum atomic E-state index is 5.19. The molecule has 10 heteroatoms. The summed E-state index contributed by atoms with van der Waals surface area (Å²) in [4.78, 5) is 26.2. The van der Waals surface area contributed by atoms with Crippen LogP contribution in [0.1, 0.15) is 43.7 Å². The molecule has 42 heavy (non-hydrogen) atoms. The third-order valence-corrected chi connectivity index (χ3v) is 10.7. The minimum Gasteiger partial charge on any atom is -0.355 e. The van der Waals surface area contributed by atoms with Crippen LogP contribution in [-0.2, 0) is 6.54 Å². The first kappa shape index (κ1) is 27.3. The Morgan fingerprint density at radius 1 is 0.810 bits per heavy atom. The molecule has 0 atom stereocenters. The highest BCUT2D eigenvalue weighted by molar-refractivity contribution is 14.1. The van der Waals surface area contributed by atoms with Crippen LogP contribution in [0.15, 0.2) is 106 Å². The fourth-order valence-electron chi connectivity index (χ4n) is 5.59. The summed E-state index contributed by atoms with van der Waals surface area (Å²) in [5, 5.41) is 3.57. The third kappa shape index (κ3) is 4.64. The fraction of sp³-hybridized carbons (Fsp3) is 0.188. The Kier molecular flexibility index (Phi) is 6.92. The number of hydrogen-bond donors (Lipinski definition) is 2. The third-order valence-electron chi connectivity index (χ3n) is 7.49. The van der Waals surface area contributed by atoms with Gasteiger partial charge in [-0.15, -0.1) is 0 Å². The van der Waals surface area contributed by atoms with Gasteiger partial charge >= 0.3 is 0 Å². The van der Waals surface area contributed by atoms with Crippen molar-refractivity contribution < 1.29 is 0 Å². The number of rotatable bonds is 3. The zero-order valence-electron chi connectivity index (χ0n) is 23.6. The minimum absolute atomic E-state index is 0.801. The quantitative estimate of drug-likeness (QED) is 0.324. The van der Waals surface area contributed by atoms with Gasteiger partial charge in [-0.05, 0) is 121 Å². The van der Waals surface area contributed by atoms with Crippen molar-refractivity contribution in [2.75, 3.05) is 6.54 Å². The van der Waals surface area contributed by atoms with Gasteiger partial charge in [0.15, 0.2) is 0 Å². The average Bonchev–Trinajstić information content (AvgIpc) is 3.81. The molecule has 5 aliphatic heterocycles. The molecule has 0 fully saturated rings. The molecule has 8 bridgehead atoms. The molecule has 0 saturated carbocycles. The van der Waals surface area contributed by atoms with E-state index in [9.17, 15) is 0 Å². The Bertz CT molecular complexity index is 1910. The number of fused-ring (bicyclic) bond motifs is 5. The van der Waals surface area contributed by atoms with E-state index in [4.69, 9.17) is 20.0 Å². The van der Waals surface area contributed by atoms with E-state index in [1.807, 2.05) is 6.92 Å². The second kappa shape index (κ2) is 10.6. The van der Waals surface area contributed by atoms with E-state index in [2.05, 4.69) is 147 Å². The molecular formula is C32H28I2N8. The first-order valence-electron chi connectivity index (χ1n) is 13.9. The molecule has 0 amide bonds. The Labute approximate surface area is 271 Å². The highest BCUT2D eigenvalue weighted by Crippen LogP contribution is 2.41. The monoisotopic (exact) mass is 778 g/mol. The van der Waals surface area contributed by atoms with Crippen molar-refractivity contribution in [1.29, 1.82) is 0 Å².